The number of carbonyl (C=O) groups excluding carboxylic acids is 2. The molecule has 1 atom stereocenters. The minimum Gasteiger partial charge on any atom is -0.542 e. The number of aliphatic carboxylic acids is 1. The molecule has 1 amide bonds. The summed E-state index contributed by atoms with van der Waals surface area (Å²) in [5.41, 5.74) is 7.76. The minimum absolute atomic E-state index is 0.00988. The molecule has 1 aliphatic heterocycles. The molecule has 0 fully saturated rings. The van der Waals surface area contributed by atoms with E-state index in [9.17, 15) is 26.4 Å². The Bertz CT molecular complexity index is 1900. The van der Waals surface area contributed by atoms with Crippen LogP contribution in [-0.4, -0.2) is 58.4 Å². The molecule has 0 saturated carbocycles. The van der Waals surface area contributed by atoms with Crippen molar-refractivity contribution < 1.29 is 46.5 Å². The Labute approximate surface area is 259 Å². The number of aromatic nitrogens is 3. The van der Waals surface area contributed by atoms with E-state index in [1.54, 1.807) is 60.7 Å². The first-order valence-electron chi connectivity index (χ1n) is 13.0. The summed E-state index contributed by atoms with van der Waals surface area (Å²) in [4.78, 5) is 32.2. The Kier molecular flexibility index (Phi) is 9.52. The molecule has 0 aliphatic carbocycles. The number of hydrogen-bond donors (Lipinski definition) is 4. The van der Waals surface area contributed by atoms with Crippen molar-refractivity contribution in [1.29, 1.82) is 0 Å². The highest BCUT2D eigenvalue weighted by Gasteiger charge is 2.48. The van der Waals surface area contributed by atoms with E-state index < -0.39 is 33.7 Å². The van der Waals surface area contributed by atoms with Crippen molar-refractivity contribution >= 4 is 39.1 Å². The number of benzene rings is 3. The number of amides is 1. The third kappa shape index (κ3) is 7.90. The lowest BCUT2D eigenvalue weighted by atomic mass is 9.92. The van der Waals surface area contributed by atoms with E-state index in [0.29, 0.717) is 33.7 Å². The van der Waals surface area contributed by atoms with Gasteiger partial charge in [0.2, 0.25) is 15.6 Å². The highest BCUT2D eigenvalue weighted by atomic mass is 32.2. The van der Waals surface area contributed by atoms with Gasteiger partial charge in [-0.1, -0.05) is 47.6 Å². The van der Waals surface area contributed by atoms with Gasteiger partial charge in [-0.15, -0.1) is 0 Å². The van der Waals surface area contributed by atoms with E-state index in [0.717, 1.165) is 0 Å². The average Bonchev–Trinajstić information content (AvgIpc) is 3.68. The molecule has 7 N–H and O–H groups in total. The molecule has 4 aromatic rings. The van der Waals surface area contributed by atoms with Gasteiger partial charge in [0, 0.05) is 23.2 Å². The number of carbonyl (C=O) groups is 2. The summed E-state index contributed by atoms with van der Waals surface area (Å²) in [7, 11) is -3.92. The zero-order chi connectivity index (χ0) is 33.7. The van der Waals surface area contributed by atoms with E-state index in [2.05, 4.69) is 20.6 Å². The van der Waals surface area contributed by atoms with Crippen LogP contribution in [0, 0.1) is 0 Å². The normalized spacial score (nSPS) is 16.0. The van der Waals surface area contributed by atoms with Crippen LogP contribution in [0.3, 0.4) is 0 Å². The predicted octanol–water partition coefficient (Wildman–Crippen LogP) is -0.442. The lowest BCUT2D eigenvalue weighted by Gasteiger charge is -2.25. The maximum atomic E-state index is 13.6. The number of nitrogens with two attached hydrogens (primary N) is 3. The number of rotatable bonds is 8. The highest BCUT2D eigenvalue weighted by Crippen LogP contribution is 2.32. The quantitative estimate of drug-likeness (QED) is 0.142. The maximum Gasteiger partial charge on any atom is 0.430 e. The second-order valence-electron chi connectivity index (χ2n) is 9.79. The zero-order valence-corrected chi connectivity index (χ0v) is 24.3. The average molecular weight is 659 g/mol. The second-order valence-corrected chi connectivity index (χ2v) is 11.3. The molecule has 1 aliphatic rings. The van der Waals surface area contributed by atoms with Gasteiger partial charge < -0.3 is 20.1 Å². The van der Waals surface area contributed by atoms with Gasteiger partial charge >= 0.3 is 6.18 Å². The summed E-state index contributed by atoms with van der Waals surface area (Å²) in [6, 6.07) is 20.3. The van der Waals surface area contributed by atoms with Crippen molar-refractivity contribution in [3.63, 3.8) is 0 Å². The Hall–Kier alpha value is -5.62. The Morgan fingerprint density at radius 1 is 1.07 bits per heavy atom. The second kappa shape index (κ2) is 13.2. The third-order valence-electron chi connectivity index (χ3n) is 6.49. The van der Waals surface area contributed by atoms with Gasteiger partial charge in [0.15, 0.2) is 0 Å². The lowest BCUT2D eigenvalue weighted by Crippen LogP contribution is -2.47. The van der Waals surface area contributed by atoms with Crippen LogP contribution in [0.15, 0.2) is 95.5 Å². The van der Waals surface area contributed by atoms with E-state index in [4.69, 9.17) is 31.0 Å². The number of alkyl halides is 3. The first kappa shape index (κ1) is 33.3. The predicted molar refractivity (Wildman–Crippen MR) is 155 cm³/mol. The van der Waals surface area contributed by atoms with Crippen LogP contribution in [0.1, 0.15) is 17.5 Å². The van der Waals surface area contributed by atoms with Gasteiger partial charge in [-0.25, -0.2) is 23.2 Å². The number of oxime groups is 1. The largest absolute Gasteiger partial charge is 0.542 e. The molecule has 46 heavy (non-hydrogen) atoms. The molecule has 14 nitrogen and oxygen atoms in total. The molecular formula is C28H25F3N8O6S. The molecule has 0 spiro atoms. The molecular weight excluding hydrogens is 633 g/mol. The highest BCUT2D eigenvalue weighted by molar-refractivity contribution is 7.89. The van der Waals surface area contributed by atoms with Crippen LogP contribution < -0.4 is 26.7 Å². The van der Waals surface area contributed by atoms with E-state index in [1.807, 2.05) is 6.07 Å². The van der Waals surface area contributed by atoms with Crippen LogP contribution in [0.4, 0.5) is 18.9 Å². The summed E-state index contributed by atoms with van der Waals surface area (Å²) in [5, 5.41) is 31.1. The molecule has 0 radical (unpaired) electrons. The molecule has 240 valence electrons. The number of sulfonamides is 1. The monoisotopic (exact) mass is 658 g/mol. The van der Waals surface area contributed by atoms with E-state index >= 15 is 0 Å². The number of primary sulfonamides is 1. The van der Waals surface area contributed by atoms with Gasteiger partial charge in [0.05, 0.1) is 22.7 Å². The topological polar surface area (TPSA) is 233 Å². The number of anilines is 1. The molecule has 2 heterocycles. The molecule has 0 bridgehead atoms. The van der Waals surface area contributed by atoms with Crippen molar-refractivity contribution in [2.75, 3.05) is 5.32 Å². The van der Waals surface area contributed by atoms with Gasteiger partial charge in [-0.2, -0.15) is 18.3 Å². The van der Waals surface area contributed by atoms with Gasteiger partial charge in [0.1, 0.15) is 18.6 Å². The molecule has 18 heteroatoms. The van der Waals surface area contributed by atoms with Crippen LogP contribution in [-0.2, 0) is 31.0 Å². The lowest BCUT2D eigenvalue weighted by molar-refractivity contribution is -0.344. The standard InChI is InChI=1S/C26H24N8O4S.C2HF3O2/c27-24(28)19-5-3-4-18(12-19)22-13-26(38-33-22,14-34-16-30-15-31-34)25(35)32-20-10-8-17(9-11-20)21-6-1-2-7-23(21)39(29,36)37;3-2(4,5)1(6)7/h1-12,15-16H,13-14H2,(H3,27,28)(H,32,35)(H2,29,36,37);(H,6,7). The van der Waals surface area contributed by atoms with Crippen LogP contribution in [0.5, 0.6) is 0 Å². The Balaban J connectivity index is 0.000000617. The van der Waals surface area contributed by atoms with Crippen molar-refractivity contribution in [1.82, 2.24) is 14.8 Å². The van der Waals surface area contributed by atoms with Crippen LogP contribution in [0.25, 0.3) is 11.1 Å². The van der Waals surface area contributed by atoms with E-state index in [1.165, 1.54) is 23.4 Å². The van der Waals surface area contributed by atoms with Crippen LogP contribution >= 0.6 is 0 Å². The summed E-state index contributed by atoms with van der Waals surface area (Å²) in [6.07, 6.45) is -2.20. The Morgan fingerprint density at radius 3 is 2.33 bits per heavy atom. The number of carboxylic acids is 1. The smallest absolute Gasteiger partial charge is 0.430 e. The summed E-state index contributed by atoms with van der Waals surface area (Å²) >= 11 is 0. The van der Waals surface area contributed by atoms with E-state index in [-0.39, 0.29) is 23.7 Å². The summed E-state index contributed by atoms with van der Waals surface area (Å²) in [5.74, 6) is -3.29. The fourth-order valence-corrected chi connectivity index (χ4v) is 5.06. The molecule has 1 unspecified atom stereocenters. The maximum absolute atomic E-state index is 13.6. The SMILES string of the molecule is NC(=[NH2+])c1cccc(C2=NOC(Cn3cncn3)(C(=O)Nc3ccc(-c4ccccc4S(N)(=O)=O)cc3)C2)c1.O=C([O-])C(F)(F)F. The van der Waals surface area contributed by atoms with Crippen molar-refractivity contribution in [3.8, 4) is 11.1 Å². The van der Waals surface area contributed by atoms with Crippen molar-refractivity contribution in [2.45, 2.75) is 29.6 Å². The molecule has 0 saturated heterocycles. The summed E-state index contributed by atoms with van der Waals surface area (Å²) < 4.78 is 57.1. The summed E-state index contributed by atoms with van der Waals surface area (Å²) in [6.45, 7) is 0.0521. The van der Waals surface area contributed by atoms with Crippen LogP contribution in [0.2, 0.25) is 0 Å². The fourth-order valence-electron chi connectivity index (χ4n) is 4.30. The number of halogens is 3. The van der Waals surface area contributed by atoms with Crippen molar-refractivity contribution in [3.05, 3.63) is 96.6 Å². The number of nitrogens with zero attached hydrogens (tertiary/aromatic N) is 4. The van der Waals surface area contributed by atoms with Gasteiger partial charge in [0.25, 0.3) is 11.7 Å². The minimum atomic E-state index is -5.19. The molecule has 5 rings (SSSR count). The zero-order valence-electron chi connectivity index (χ0n) is 23.5. The number of hydrogen-bond acceptors (Lipinski definition) is 9. The van der Waals surface area contributed by atoms with Crippen molar-refractivity contribution in [2.24, 2.45) is 16.0 Å². The molecule has 1 aromatic heterocycles. The first-order chi connectivity index (χ1) is 21.6. The van der Waals surface area contributed by atoms with Gasteiger partial charge in [-0.3, -0.25) is 15.9 Å². The number of nitrogens with one attached hydrogen (secondary N) is 1. The number of carboxylic acid groups (broad SMARTS) is 1. The first-order valence-corrected chi connectivity index (χ1v) is 14.5. The Morgan fingerprint density at radius 2 is 1.74 bits per heavy atom. The number of amidine groups is 1. The van der Waals surface area contributed by atoms with Gasteiger partial charge in [-0.05, 0) is 35.9 Å². The molecule has 3 aromatic carbocycles. The third-order valence-corrected chi connectivity index (χ3v) is 7.46. The fraction of sp³-hybridized carbons (Fsp3) is 0.143.